The zero-order chi connectivity index (χ0) is 20.8. The van der Waals surface area contributed by atoms with E-state index in [1.165, 1.54) is 0 Å². The summed E-state index contributed by atoms with van der Waals surface area (Å²) in [6.07, 6.45) is 1.28. The standard InChI is InChI=1S/C22H24ClN3O3/c1-4-15(2)26(22(27)18-10-5-6-11-19(18)23)13-12-20-24-21(25-29-20)16-8-7-9-17(14-16)28-3/h5-11,14-15H,4,12-13H2,1-3H3. The molecule has 1 atom stereocenters. The van der Waals surface area contributed by atoms with Gasteiger partial charge in [0.1, 0.15) is 5.75 Å². The minimum Gasteiger partial charge on any atom is -0.497 e. The molecule has 0 saturated heterocycles. The van der Waals surface area contributed by atoms with Crippen LogP contribution in [-0.2, 0) is 6.42 Å². The summed E-state index contributed by atoms with van der Waals surface area (Å²) in [6.45, 7) is 4.52. The summed E-state index contributed by atoms with van der Waals surface area (Å²) in [5.41, 5.74) is 1.31. The predicted molar refractivity (Wildman–Crippen MR) is 112 cm³/mol. The van der Waals surface area contributed by atoms with E-state index in [9.17, 15) is 4.79 Å². The molecule has 0 aliphatic carbocycles. The van der Waals surface area contributed by atoms with Gasteiger partial charge >= 0.3 is 0 Å². The van der Waals surface area contributed by atoms with Crippen molar-refractivity contribution in [3.05, 3.63) is 65.0 Å². The van der Waals surface area contributed by atoms with E-state index >= 15 is 0 Å². The molecule has 0 fully saturated rings. The second-order valence-corrected chi connectivity index (χ2v) is 7.14. The topological polar surface area (TPSA) is 68.5 Å². The molecule has 0 aliphatic rings. The van der Waals surface area contributed by atoms with Gasteiger partial charge in [-0.2, -0.15) is 4.98 Å². The molecule has 1 unspecified atom stereocenters. The average molecular weight is 414 g/mol. The Morgan fingerprint density at radius 2 is 2.03 bits per heavy atom. The zero-order valence-electron chi connectivity index (χ0n) is 16.8. The van der Waals surface area contributed by atoms with Crippen molar-refractivity contribution >= 4 is 17.5 Å². The van der Waals surface area contributed by atoms with Gasteiger partial charge in [0.2, 0.25) is 11.7 Å². The number of aromatic nitrogens is 2. The fourth-order valence-corrected chi connectivity index (χ4v) is 3.20. The summed E-state index contributed by atoms with van der Waals surface area (Å²) < 4.78 is 10.6. The molecule has 7 heteroatoms. The molecule has 0 saturated carbocycles. The Kier molecular flexibility index (Phi) is 6.88. The van der Waals surface area contributed by atoms with Gasteiger partial charge in [-0.05, 0) is 37.6 Å². The minimum absolute atomic E-state index is 0.0551. The summed E-state index contributed by atoms with van der Waals surface area (Å²) >= 11 is 6.23. The normalized spacial score (nSPS) is 11.9. The zero-order valence-corrected chi connectivity index (χ0v) is 17.5. The molecule has 2 aromatic carbocycles. The molecule has 0 aliphatic heterocycles. The van der Waals surface area contributed by atoms with Gasteiger partial charge in [0.15, 0.2) is 0 Å². The monoisotopic (exact) mass is 413 g/mol. The molecular weight excluding hydrogens is 390 g/mol. The first-order valence-corrected chi connectivity index (χ1v) is 9.93. The van der Waals surface area contributed by atoms with Crippen LogP contribution in [0.2, 0.25) is 5.02 Å². The number of halogens is 1. The first-order chi connectivity index (χ1) is 14.0. The van der Waals surface area contributed by atoms with E-state index in [4.69, 9.17) is 20.9 Å². The second kappa shape index (κ2) is 9.56. The van der Waals surface area contributed by atoms with Gasteiger partial charge in [0.25, 0.3) is 5.91 Å². The number of methoxy groups -OCH3 is 1. The SMILES string of the molecule is CCC(C)N(CCc1nc(-c2cccc(OC)c2)no1)C(=O)c1ccccc1Cl. The highest BCUT2D eigenvalue weighted by Gasteiger charge is 2.23. The van der Waals surface area contributed by atoms with E-state index in [0.29, 0.717) is 35.3 Å². The molecule has 0 bridgehead atoms. The van der Waals surface area contributed by atoms with E-state index in [1.54, 1.807) is 24.1 Å². The first kappa shape index (κ1) is 20.9. The van der Waals surface area contributed by atoms with Gasteiger partial charge in [-0.1, -0.05) is 47.9 Å². The Hall–Kier alpha value is -2.86. The maximum Gasteiger partial charge on any atom is 0.255 e. The van der Waals surface area contributed by atoms with E-state index < -0.39 is 0 Å². The number of carbonyl (C=O) groups excluding carboxylic acids is 1. The highest BCUT2D eigenvalue weighted by Crippen LogP contribution is 2.22. The molecular formula is C22H24ClN3O3. The third-order valence-corrected chi connectivity index (χ3v) is 5.18. The van der Waals surface area contributed by atoms with Crippen LogP contribution in [0.5, 0.6) is 5.75 Å². The lowest BCUT2D eigenvalue weighted by Crippen LogP contribution is -2.40. The number of hydrogen-bond donors (Lipinski definition) is 0. The fourth-order valence-electron chi connectivity index (χ4n) is 2.98. The summed E-state index contributed by atoms with van der Waals surface area (Å²) in [7, 11) is 1.61. The van der Waals surface area contributed by atoms with Crippen LogP contribution >= 0.6 is 11.6 Å². The van der Waals surface area contributed by atoms with Crippen LogP contribution in [0.25, 0.3) is 11.4 Å². The second-order valence-electron chi connectivity index (χ2n) is 6.73. The van der Waals surface area contributed by atoms with Crippen molar-refractivity contribution in [2.24, 2.45) is 0 Å². The highest BCUT2D eigenvalue weighted by molar-refractivity contribution is 6.33. The van der Waals surface area contributed by atoms with Crippen LogP contribution in [0.4, 0.5) is 0 Å². The number of benzene rings is 2. The fraction of sp³-hybridized carbons (Fsp3) is 0.318. The lowest BCUT2D eigenvalue weighted by Gasteiger charge is -2.28. The van der Waals surface area contributed by atoms with Crippen LogP contribution in [0, 0.1) is 0 Å². The van der Waals surface area contributed by atoms with Gasteiger partial charge in [0.05, 0.1) is 17.7 Å². The molecule has 3 rings (SSSR count). The van der Waals surface area contributed by atoms with Crippen LogP contribution in [0.1, 0.15) is 36.5 Å². The summed E-state index contributed by atoms with van der Waals surface area (Å²) in [5, 5.41) is 4.50. The van der Waals surface area contributed by atoms with E-state index in [0.717, 1.165) is 17.7 Å². The van der Waals surface area contributed by atoms with Gasteiger partial charge in [-0.3, -0.25) is 4.79 Å². The molecule has 3 aromatic rings. The lowest BCUT2D eigenvalue weighted by molar-refractivity contribution is 0.0686. The summed E-state index contributed by atoms with van der Waals surface area (Å²) in [5.74, 6) is 1.59. The molecule has 1 aromatic heterocycles. The van der Waals surface area contributed by atoms with Crippen molar-refractivity contribution in [2.75, 3.05) is 13.7 Å². The third-order valence-electron chi connectivity index (χ3n) is 4.85. The summed E-state index contributed by atoms with van der Waals surface area (Å²) in [6, 6.07) is 14.6. The van der Waals surface area contributed by atoms with Crippen LogP contribution < -0.4 is 4.74 Å². The van der Waals surface area contributed by atoms with Crippen LogP contribution in [-0.4, -0.2) is 40.6 Å². The molecule has 29 heavy (non-hydrogen) atoms. The van der Waals surface area contributed by atoms with Gasteiger partial charge in [0, 0.05) is 24.6 Å². The smallest absolute Gasteiger partial charge is 0.255 e. The molecule has 0 radical (unpaired) electrons. The third kappa shape index (κ3) is 4.95. The average Bonchev–Trinajstić information content (AvgIpc) is 3.23. The maximum absolute atomic E-state index is 13.0. The van der Waals surface area contributed by atoms with Crippen LogP contribution in [0.15, 0.2) is 53.1 Å². The number of carbonyl (C=O) groups is 1. The molecule has 152 valence electrons. The molecule has 0 N–H and O–H groups in total. The van der Waals surface area contributed by atoms with Crippen molar-refractivity contribution in [3.8, 4) is 17.1 Å². The Balaban J connectivity index is 1.74. The minimum atomic E-state index is -0.0996. The van der Waals surface area contributed by atoms with Gasteiger partial charge < -0.3 is 14.2 Å². The number of amides is 1. The van der Waals surface area contributed by atoms with Crippen molar-refractivity contribution < 1.29 is 14.1 Å². The first-order valence-electron chi connectivity index (χ1n) is 9.56. The van der Waals surface area contributed by atoms with Crippen molar-refractivity contribution in [1.82, 2.24) is 15.0 Å². The van der Waals surface area contributed by atoms with Crippen LogP contribution in [0.3, 0.4) is 0 Å². The van der Waals surface area contributed by atoms with Gasteiger partial charge in [-0.25, -0.2) is 0 Å². The Morgan fingerprint density at radius 1 is 1.24 bits per heavy atom. The van der Waals surface area contributed by atoms with E-state index in [1.807, 2.05) is 50.2 Å². The summed E-state index contributed by atoms with van der Waals surface area (Å²) in [4.78, 5) is 19.3. The maximum atomic E-state index is 13.0. The largest absolute Gasteiger partial charge is 0.497 e. The number of rotatable bonds is 8. The molecule has 1 amide bonds. The molecule has 6 nitrogen and oxygen atoms in total. The van der Waals surface area contributed by atoms with E-state index in [-0.39, 0.29) is 11.9 Å². The Labute approximate surface area is 175 Å². The number of hydrogen-bond acceptors (Lipinski definition) is 5. The Bertz CT molecular complexity index is 973. The van der Waals surface area contributed by atoms with E-state index in [2.05, 4.69) is 10.1 Å². The number of nitrogens with zero attached hydrogens (tertiary/aromatic N) is 3. The quantitative estimate of drug-likeness (QED) is 0.526. The molecule has 1 heterocycles. The van der Waals surface area contributed by atoms with Crippen molar-refractivity contribution in [3.63, 3.8) is 0 Å². The van der Waals surface area contributed by atoms with Crippen molar-refractivity contribution in [1.29, 1.82) is 0 Å². The lowest BCUT2D eigenvalue weighted by atomic mass is 10.1. The highest BCUT2D eigenvalue weighted by atomic mass is 35.5. The Morgan fingerprint density at radius 3 is 2.76 bits per heavy atom. The number of ether oxygens (including phenoxy) is 1. The van der Waals surface area contributed by atoms with Crippen molar-refractivity contribution in [2.45, 2.75) is 32.7 Å². The van der Waals surface area contributed by atoms with Gasteiger partial charge in [-0.15, -0.1) is 0 Å². The molecule has 0 spiro atoms. The predicted octanol–water partition coefficient (Wildman–Crippen LogP) is 4.88.